The van der Waals surface area contributed by atoms with E-state index in [1.165, 1.54) is 5.56 Å². The average Bonchev–Trinajstić information content (AvgIpc) is 3.02. The SMILES string of the molecule is CCCS(=O)(=O)NC1CCN(C(=O)Cc2ccc3c(c2)CCO3)CC1. The van der Waals surface area contributed by atoms with Gasteiger partial charge in [0, 0.05) is 25.6 Å². The lowest BCUT2D eigenvalue weighted by molar-refractivity contribution is -0.131. The first-order valence-electron chi connectivity index (χ1n) is 8.99. The lowest BCUT2D eigenvalue weighted by atomic mass is 10.0. The van der Waals surface area contributed by atoms with Crippen molar-refractivity contribution in [3.8, 4) is 5.75 Å². The lowest BCUT2D eigenvalue weighted by Crippen LogP contribution is -2.47. The molecule has 138 valence electrons. The number of nitrogens with one attached hydrogen (secondary N) is 1. The van der Waals surface area contributed by atoms with Crippen LogP contribution in [0.1, 0.15) is 37.3 Å². The van der Waals surface area contributed by atoms with E-state index in [0.717, 1.165) is 17.7 Å². The number of hydrogen-bond donors (Lipinski definition) is 1. The third-order valence-electron chi connectivity index (χ3n) is 4.78. The van der Waals surface area contributed by atoms with E-state index in [1.807, 2.05) is 24.0 Å². The summed E-state index contributed by atoms with van der Waals surface area (Å²) in [6, 6.07) is 5.90. The van der Waals surface area contributed by atoms with E-state index in [0.29, 0.717) is 45.4 Å². The largest absolute Gasteiger partial charge is 0.493 e. The second kappa shape index (κ2) is 7.74. The fraction of sp³-hybridized carbons (Fsp3) is 0.611. The van der Waals surface area contributed by atoms with Gasteiger partial charge in [0.15, 0.2) is 0 Å². The van der Waals surface area contributed by atoms with Crippen LogP contribution in [0.25, 0.3) is 0 Å². The molecule has 0 spiro atoms. The van der Waals surface area contributed by atoms with Gasteiger partial charge in [0.2, 0.25) is 15.9 Å². The molecule has 1 N–H and O–H groups in total. The Morgan fingerprint density at radius 3 is 2.80 bits per heavy atom. The Kier molecular flexibility index (Phi) is 5.64. The summed E-state index contributed by atoms with van der Waals surface area (Å²) < 4.78 is 31.9. The summed E-state index contributed by atoms with van der Waals surface area (Å²) in [6.07, 6.45) is 3.25. The third kappa shape index (κ3) is 4.73. The van der Waals surface area contributed by atoms with Crippen molar-refractivity contribution in [2.24, 2.45) is 0 Å². The van der Waals surface area contributed by atoms with Gasteiger partial charge in [-0.05, 0) is 36.5 Å². The maximum Gasteiger partial charge on any atom is 0.226 e. The van der Waals surface area contributed by atoms with E-state index < -0.39 is 10.0 Å². The number of sulfonamides is 1. The second-order valence-electron chi connectivity index (χ2n) is 6.81. The number of hydrogen-bond acceptors (Lipinski definition) is 4. The van der Waals surface area contributed by atoms with Crippen molar-refractivity contribution in [2.75, 3.05) is 25.4 Å². The monoisotopic (exact) mass is 366 g/mol. The number of nitrogens with zero attached hydrogens (tertiary/aromatic N) is 1. The molecular formula is C18H26N2O4S. The van der Waals surface area contributed by atoms with Crippen molar-refractivity contribution in [1.82, 2.24) is 9.62 Å². The second-order valence-corrected chi connectivity index (χ2v) is 8.68. The maximum absolute atomic E-state index is 12.5. The minimum atomic E-state index is -3.19. The zero-order chi connectivity index (χ0) is 17.9. The van der Waals surface area contributed by atoms with E-state index in [9.17, 15) is 13.2 Å². The predicted molar refractivity (Wildman–Crippen MR) is 96.2 cm³/mol. The molecule has 2 aliphatic rings. The van der Waals surface area contributed by atoms with E-state index in [-0.39, 0.29) is 17.7 Å². The molecule has 0 atom stereocenters. The Bertz CT molecular complexity index is 725. The number of fused-ring (bicyclic) bond motifs is 1. The lowest BCUT2D eigenvalue weighted by Gasteiger charge is -2.32. The minimum Gasteiger partial charge on any atom is -0.493 e. The zero-order valence-corrected chi connectivity index (χ0v) is 15.5. The Morgan fingerprint density at radius 1 is 1.32 bits per heavy atom. The molecule has 1 fully saturated rings. The molecule has 0 aromatic heterocycles. The van der Waals surface area contributed by atoms with E-state index in [4.69, 9.17) is 4.74 Å². The van der Waals surface area contributed by atoms with Crippen LogP contribution in [0, 0.1) is 0 Å². The Balaban J connectivity index is 1.50. The highest BCUT2D eigenvalue weighted by molar-refractivity contribution is 7.89. The number of likely N-dealkylation sites (tertiary alicyclic amines) is 1. The van der Waals surface area contributed by atoms with Crippen LogP contribution in [-0.4, -0.2) is 50.7 Å². The van der Waals surface area contributed by atoms with Gasteiger partial charge < -0.3 is 9.64 Å². The molecule has 3 rings (SSSR count). The molecular weight excluding hydrogens is 340 g/mol. The van der Waals surface area contributed by atoms with Crippen LogP contribution in [0.2, 0.25) is 0 Å². The molecule has 6 nitrogen and oxygen atoms in total. The molecule has 7 heteroatoms. The van der Waals surface area contributed by atoms with Gasteiger partial charge in [0.25, 0.3) is 0 Å². The number of ether oxygens (including phenoxy) is 1. The number of rotatable bonds is 6. The van der Waals surface area contributed by atoms with Crippen molar-refractivity contribution >= 4 is 15.9 Å². The number of piperidine rings is 1. The molecule has 0 radical (unpaired) electrons. The molecule has 2 aliphatic heterocycles. The first-order chi connectivity index (χ1) is 12.0. The van der Waals surface area contributed by atoms with Gasteiger partial charge in [-0.3, -0.25) is 4.79 Å². The normalized spacial score (nSPS) is 18.0. The van der Waals surface area contributed by atoms with Crippen LogP contribution in [0.5, 0.6) is 5.75 Å². The van der Waals surface area contributed by atoms with Crippen LogP contribution in [0.15, 0.2) is 18.2 Å². The van der Waals surface area contributed by atoms with Crippen LogP contribution in [0.4, 0.5) is 0 Å². The summed E-state index contributed by atoms with van der Waals surface area (Å²) in [5.41, 5.74) is 2.19. The summed E-state index contributed by atoms with van der Waals surface area (Å²) in [5, 5.41) is 0. The highest BCUT2D eigenvalue weighted by atomic mass is 32.2. The van der Waals surface area contributed by atoms with Crippen LogP contribution in [-0.2, 0) is 27.7 Å². The van der Waals surface area contributed by atoms with Gasteiger partial charge in [0.05, 0.1) is 18.8 Å². The number of benzene rings is 1. The predicted octanol–water partition coefficient (Wildman–Crippen LogP) is 1.48. The van der Waals surface area contributed by atoms with Gasteiger partial charge in [-0.25, -0.2) is 13.1 Å². The van der Waals surface area contributed by atoms with Gasteiger partial charge in [0.1, 0.15) is 5.75 Å². The van der Waals surface area contributed by atoms with Crippen molar-refractivity contribution in [3.63, 3.8) is 0 Å². The molecule has 1 aromatic rings. The summed E-state index contributed by atoms with van der Waals surface area (Å²) >= 11 is 0. The molecule has 1 amide bonds. The van der Waals surface area contributed by atoms with Crippen LogP contribution >= 0.6 is 0 Å². The fourth-order valence-corrected chi connectivity index (χ4v) is 4.86. The molecule has 0 bridgehead atoms. The van der Waals surface area contributed by atoms with E-state index >= 15 is 0 Å². The summed E-state index contributed by atoms with van der Waals surface area (Å²) in [6.45, 7) is 3.78. The highest BCUT2D eigenvalue weighted by Crippen LogP contribution is 2.26. The Labute approximate surface area is 149 Å². The number of carbonyl (C=O) groups is 1. The Morgan fingerprint density at radius 2 is 2.08 bits per heavy atom. The number of amides is 1. The molecule has 2 heterocycles. The quantitative estimate of drug-likeness (QED) is 0.828. The van der Waals surface area contributed by atoms with Crippen molar-refractivity contribution in [2.45, 2.75) is 45.1 Å². The summed E-state index contributed by atoms with van der Waals surface area (Å²) in [5.74, 6) is 1.19. The first kappa shape index (κ1) is 18.2. The minimum absolute atomic E-state index is 0.0576. The van der Waals surface area contributed by atoms with E-state index in [1.54, 1.807) is 0 Å². The zero-order valence-electron chi connectivity index (χ0n) is 14.7. The molecule has 1 aromatic carbocycles. The number of carbonyl (C=O) groups excluding carboxylic acids is 1. The van der Waals surface area contributed by atoms with Crippen LogP contribution in [0.3, 0.4) is 0 Å². The molecule has 1 saturated heterocycles. The van der Waals surface area contributed by atoms with Crippen LogP contribution < -0.4 is 9.46 Å². The highest BCUT2D eigenvalue weighted by Gasteiger charge is 2.25. The molecule has 0 aliphatic carbocycles. The van der Waals surface area contributed by atoms with Gasteiger partial charge >= 0.3 is 0 Å². The van der Waals surface area contributed by atoms with Crippen molar-refractivity contribution in [3.05, 3.63) is 29.3 Å². The maximum atomic E-state index is 12.5. The third-order valence-corrected chi connectivity index (χ3v) is 6.41. The van der Waals surface area contributed by atoms with E-state index in [2.05, 4.69) is 10.8 Å². The molecule has 25 heavy (non-hydrogen) atoms. The fourth-order valence-electron chi connectivity index (χ4n) is 3.46. The smallest absolute Gasteiger partial charge is 0.226 e. The van der Waals surface area contributed by atoms with Gasteiger partial charge in [-0.15, -0.1) is 0 Å². The molecule has 0 unspecified atom stereocenters. The topological polar surface area (TPSA) is 75.7 Å². The van der Waals surface area contributed by atoms with Gasteiger partial charge in [-0.2, -0.15) is 0 Å². The standard InChI is InChI=1S/C18H26N2O4S/c1-2-11-25(22,23)19-16-5-8-20(9-6-16)18(21)13-14-3-4-17-15(12-14)7-10-24-17/h3-4,12,16,19H,2,5-11,13H2,1H3. The van der Waals surface area contributed by atoms with Crippen molar-refractivity contribution < 1.29 is 17.9 Å². The summed E-state index contributed by atoms with van der Waals surface area (Å²) in [7, 11) is -3.19. The first-order valence-corrected chi connectivity index (χ1v) is 10.6. The average molecular weight is 366 g/mol. The Hall–Kier alpha value is -1.60. The summed E-state index contributed by atoms with van der Waals surface area (Å²) in [4.78, 5) is 14.4. The molecule has 0 saturated carbocycles. The van der Waals surface area contributed by atoms with Crippen molar-refractivity contribution in [1.29, 1.82) is 0 Å². The van der Waals surface area contributed by atoms with Gasteiger partial charge in [-0.1, -0.05) is 19.1 Å².